The number of amides is 1. The van der Waals surface area contributed by atoms with Crippen molar-refractivity contribution in [3.63, 3.8) is 0 Å². The van der Waals surface area contributed by atoms with Crippen LogP contribution in [0.3, 0.4) is 0 Å². The molecule has 0 aliphatic rings. The maximum absolute atomic E-state index is 12.1. The molecule has 23 heavy (non-hydrogen) atoms. The smallest absolute Gasteiger partial charge is 0.226 e. The van der Waals surface area contributed by atoms with E-state index in [-0.39, 0.29) is 18.9 Å². The Morgan fingerprint density at radius 3 is 3.00 bits per heavy atom. The van der Waals surface area contributed by atoms with E-state index < -0.39 is 5.60 Å². The molecule has 3 rings (SSSR count). The molecule has 0 aromatic carbocycles. The van der Waals surface area contributed by atoms with Crippen LogP contribution in [0.5, 0.6) is 0 Å². The van der Waals surface area contributed by atoms with E-state index in [9.17, 15) is 9.90 Å². The van der Waals surface area contributed by atoms with Crippen LogP contribution in [-0.2, 0) is 16.8 Å². The number of thiazole rings is 1. The lowest BCUT2D eigenvalue weighted by Crippen LogP contribution is -2.39. The first-order chi connectivity index (χ1) is 11.0. The third-order valence-electron chi connectivity index (χ3n) is 3.43. The Bertz CT molecular complexity index is 761. The monoisotopic (exact) mass is 348 g/mol. The summed E-state index contributed by atoms with van der Waals surface area (Å²) in [6.07, 6.45) is 3.41. The fourth-order valence-electron chi connectivity index (χ4n) is 2.08. The van der Waals surface area contributed by atoms with Crippen molar-refractivity contribution >= 4 is 28.6 Å². The van der Waals surface area contributed by atoms with Gasteiger partial charge in [0.05, 0.1) is 24.9 Å². The molecule has 3 aromatic heterocycles. The lowest BCUT2D eigenvalue weighted by atomic mass is 9.99. The fraction of sp³-hybridized carbons (Fsp3) is 0.250. The summed E-state index contributed by atoms with van der Waals surface area (Å²) in [5.41, 5.74) is 1.35. The van der Waals surface area contributed by atoms with Gasteiger partial charge < -0.3 is 14.8 Å². The van der Waals surface area contributed by atoms with Crippen LogP contribution < -0.4 is 5.32 Å². The van der Waals surface area contributed by atoms with Crippen molar-refractivity contribution in [1.82, 2.24) is 10.3 Å². The average Bonchev–Trinajstić information content (AvgIpc) is 3.25. The van der Waals surface area contributed by atoms with E-state index in [4.69, 9.17) is 4.42 Å². The topological polar surface area (TPSA) is 75.4 Å². The molecule has 0 saturated carbocycles. The van der Waals surface area contributed by atoms with E-state index >= 15 is 0 Å². The highest BCUT2D eigenvalue weighted by atomic mass is 32.1. The van der Waals surface area contributed by atoms with Gasteiger partial charge in [0, 0.05) is 10.9 Å². The van der Waals surface area contributed by atoms with Crippen LogP contribution in [0, 0.1) is 0 Å². The third-order valence-corrected chi connectivity index (χ3v) is 5.06. The van der Waals surface area contributed by atoms with Gasteiger partial charge in [0.2, 0.25) is 5.91 Å². The Morgan fingerprint density at radius 2 is 2.30 bits per heavy atom. The van der Waals surface area contributed by atoms with Crippen LogP contribution >= 0.6 is 22.7 Å². The van der Waals surface area contributed by atoms with Gasteiger partial charge in [-0.15, -0.1) is 11.3 Å². The van der Waals surface area contributed by atoms with Crippen LogP contribution in [0.2, 0.25) is 0 Å². The SMILES string of the molecule is CC(O)(CNC(=O)Cc1csc(-c2ccoc2)n1)c1ccsc1. The predicted molar refractivity (Wildman–Crippen MR) is 90.4 cm³/mol. The number of nitrogens with one attached hydrogen (secondary N) is 1. The molecule has 1 atom stereocenters. The van der Waals surface area contributed by atoms with E-state index in [1.807, 2.05) is 28.3 Å². The van der Waals surface area contributed by atoms with Crippen LogP contribution in [0.25, 0.3) is 10.6 Å². The first kappa shape index (κ1) is 15.9. The summed E-state index contributed by atoms with van der Waals surface area (Å²) in [7, 11) is 0. The average molecular weight is 348 g/mol. The molecule has 0 fully saturated rings. The summed E-state index contributed by atoms with van der Waals surface area (Å²) in [5, 5.41) is 19.6. The van der Waals surface area contributed by atoms with Gasteiger partial charge in [0.15, 0.2) is 0 Å². The number of hydrogen-bond donors (Lipinski definition) is 2. The standard InChI is InChI=1S/C16H16N2O3S2/c1-16(20,12-3-5-22-8-12)10-17-14(19)6-13-9-23-15(18-13)11-2-4-21-7-11/h2-5,7-9,20H,6,10H2,1H3,(H,17,19). The Morgan fingerprint density at radius 1 is 1.43 bits per heavy atom. The quantitative estimate of drug-likeness (QED) is 0.718. The number of carbonyl (C=O) groups excluding carboxylic acids is 1. The first-order valence-electron chi connectivity index (χ1n) is 7.03. The van der Waals surface area contributed by atoms with Gasteiger partial charge >= 0.3 is 0 Å². The van der Waals surface area contributed by atoms with E-state index in [2.05, 4.69) is 10.3 Å². The van der Waals surface area contributed by atoms with Crippen molar-refractivity contribution in [2.45, 2.75) is 18.9 Å². The number of rotatable bonds is 6. The Labute approximate surface area is 141 Å². The maximum Gasteiger partial charge on any atom is 0.226 e. The fourth-order valence-corrected chi connectivity index (χ4v) is 3.67. The van der Waals surface area contributed by atoms with Crippen molar-refractivity contribution in [2.24, 2.45) is 0 Å². The molecule has 0 saturated heterocycles. The number of thiophene rings is 1. The van der Waals surface area contributed by atoms with E-state index in [1.165, 1.54) is 22.7 Å². The van der Waals surface area contributed by atoms with Gasteiger partial charge in [-0.1, -0.05) is 0 Å². The largest absolute Gasteiger partial charge is 0.472 e. The Hall–Kier alpha value is -1.96. The molecule has 1 amide bonds. The molecular formula is C16H16N2O3S2. The summed E-state index contributed by atoms with van der Waals surface area (Å²) in [5.74, 6) is -0.162. The molecule has 0 radical (unpaired) electrons. The van der Waals surface area contributed by atoms with Crippen LogP contribution in [0.4, 0.5) is 0 Å². The number of hydrogen-bond acceptors (Lipinski definition) is 6. The molecule has 3 aromatic rings. The van der Waals surface area contributed by atoms with E-state index in [0.29, 0.717) is 5.69 Å². The molecule has 0 aliphatic heterocycles. The van der Waals surface area contributed by atoms with Gasteiger partial charge in [-0.25, -0.2) is 4.98 Å². The lowest BCUT2D eigenvalue weighted by Gasteiger charge is -2.22. The Kier molecular flexibility index (Phi) is 4.61. The molecule has 0 aliphatic carbocycles. The highest BCUT2D eigenvalue weighted by Crippen LogP contribution is 2.24. The van der Waals surface area contributed by atoms with Gasteiger partial charge in [0.25, 0.3) is 0 Å². The molecule has 0 spiro atoms. The van der Waals surface area contributed by atoms with Gasteiger partial charge in [0.1, 0.15) is 16.9 Å². The Balaban J connectivity index is 1.56. The lowest BCUT2D eigenvalue weighted by molar-refractivity contribution is -0.121. The third kappa shape index (κ3) is 3.87. The number of aromatic nitrogens is 1. The maximum atomic E-state index is 12.1. The number of nitrogens with zero attached hydrogens (tertiary/aromatic N) is 1. The second kappa shape index (κ2) is 6.66. The molecular weight excluding hydrogens is 332 g/mol. The van der Waals surface area contributed by atoms with Gasteiger partial charge in [-0.2, -0.15) is 11.3 Å². The van der Waals surface area contributed by atoms with Crippen molar-refractivity contribution in [3.05, 3.63) is 52.1 Å². The minimum Gasteiger partial charge on any atom is -0.472 e. The zero-order valence-electron chi connectivity index (χ0n) is 12.5. The van der Waals surface area contributed by atoms with Crippen molar-refractivity contribution in [3.8, 4) is 10.6 Å². The molecule has 3 heterocycles. The molecule has 7 heteroatoms. The minimum absolute atomic E-state index is 0.162. The van der Waals surface area contributed by atoms with Crippen molar-refractivity contribution in [1.29, 1.82) is 0 Å². The summed E-state index contributed by atoms with van der Waals surface area (Å²) in [6, 6.07) is 3.69. The number of furan rings is 1. The molecule has 0 bridgehead atoms. The normalized spacial score (nSPS) is 13.7. The second-order valence-corrected chi connectivity index (χ2v) is 7.03. The van der Waals surface area contributed by atoms with Gasteiger partial charge in [-0.05, 0) is 35.4 Å². The predicted octanol–water partition coefficient (Wildman–Crippen LogP) is 3.03. The van der Waals surface area contributed by atoms with E-state index in [0.717, 1.165) is 16.1 Å². The summed E-state index contributed by atoms with van der Waals surface area (Å²) in [4.78, 5) is 16.5. The molecule has 5 nitrogen and oxygen atoms in total. The van der Waals surface area contributed by atoms with Crippen molar-refractivity contribution in [2.75, 3.05) is 6.54 Å². The molecule has 1 unspecified atom stereocenters. The summed E-state index contributed by atoms with van der Waals surface area (Å²) < 4.78 is 5.03. The highest BCUT2D eigenvalue weighted by Gasteiger charge is 2.24. The number of aliphatic hydroxyl groups is 1. The summed E-state index contributed by atoms with van der Waals surface area (Å²) in [6.45, 7) is 1.86. The van der Waals surface area contributed by atoms with Crippen LogP contribution in [0.1, 0.15) is 18.2 Å². The molecule has 2 N–H and O–H groups in total. The molecule has 120 valence electrons. The van der Waals surface area contributed by atoms with E-state index in [1.54, 1.807) is 19.5 Å². The van der Waals surface area contributed by atoms with Gasteiger partial charge in [-0.3, -0.25) is 4.79 Å². The minimum atomic E-state index is -1.07. The zero-order chi connectivity index (χ0) is 16.3. The van der Waals surface area contributed by atoms with Crippen LogP contribution in [-0.4, -0.2) is 22.5 Å². The second-order valence-electron chi connectivity index (χ2n) is 5.40. The highest BCUT2D eigenvalue weighted by molar-refractivity contribution is 7.13. The summed E-state index contributed by atoms with van der Waals surface area (Å²) >= 11 is 2.99. The zero-order valence-corrected chi connectivity index (χ0v) is 14.1. The van der Waals surface area contributed by atoms with Crippen molar-refractivity contribution < 1.29 is 14.3 Å². The van der Waals surface area contributed by atoms with Crippen LogP contribution in [0.15, 0.2) is 45.2 Å². The number of carbonyl (C=O) groups is 1. The first-order valence-corrected chi connectivity index (χ1v) is 8.85.